The van der Waals surface area contributed by atoms with Crippen molar-refractivity contribution < 1.29 is 14.3 Å². The SMILES string of the molecule is CC(C)c1c(C(=O)NCc2cccc3c2OCCO3)cnn1-c1ccc(Cl)cc1. The average molecular weight is 412 g/mol. The Balaban J connectivity index is 1.57. The first-order valence-electron chi connectivity index (χ1n) is 9.54. The summed E-state index contributed by atoms with van der Waals surface area (Å²) in [5, 5.41) is 8.09. The lowest BCUT2D eigenvalue weighted by Crippen LogP contribution is -2.25. The van der Waals surface area contributed by atoms with Gasteiger partial charge in [-0.25, -0.2) is 4.68 Å². The Morgan fingerprint density at radius 2 is 1.93 bits per heavy atom. The number of aromatic nitrogens is 2. The van der Waals surface area contributed by atoms with Crippen molar-refractivity contribution >= 4 is 17.5 Å². The molecule has 29 heavy (non-hydrogen) atoms. The number of para-hydroxylation sites is 1. The lowest BCUT2D eigenvalue weighted by atomic mass is 10.0. The second-order valence-electron chi connectivity index (χ2n) is 7.11. The maximum absolute atomic E-state index is 13.0. The summed E-state index contributed by atoms with van der Waals surface area (Å²) >= 11 is 5.99. The van der Waals surface area contributed by atoms with Crippen LogP contribution in [0.15, 0.2) is 48.7 Å². The molecule has 7 heteroatoms. The molecule has 0 unspecified atom stereocenters. The van der Waals surface area contributed by atoms with Gasteiger partial charge in [-0.2, -0.15) is 5.10 Å². The number of ether oxygens (including phenoxy) is 2. The van der Waals surface area contributed by atoms with Crippen molar-refractivity contribution in [1.29, 1.82) is 0 Å². The Hall–Kier alpha value is -2.99. The summed E-state index contributed by atoms with van der Waals surface area (Å²) in [6, 6.07) is 13.1. The quantitative estimate of drug-likeness (QED) is 0.677. The highest BCUT2D eigenvalue weighted by molar-refractivity contribution is 6.30. The molecule has 1 amide bonds. The Bertz CT molecular complexity index is 1030. The van der Waals surface area contributed by atoms with Crippen LogP contribution in [-0.2, 0) is 6.54 Å². The van der Waals surface area contributed by atoms with E-state index < -0.39 is 0 Å². The molecule has 1 aromatic heterocycles. The molecule has 6 nitrogen and oxygen atoms in total. The van der Waals surface area contributed by atoms with E-state index in [1.165, 1.54) is 0 Å². The highest BCUT2D eigenvalue weighted by Gasteiger charge is 2.22. The van der Waals surface area contributed by atoms with E-state index in [1.54, 1.807) is 10.9 Å². The first kappa shape index (κ1) is 19.3. The Labute approximate surface area is 174 Å². The average Bonchev–Trinajstić information content (AvgIpc) is 3.18. The highest BCUT2D eigenvalue weighted by atomic mass is 35.5. The molecule has 0 aliphatic carbocycles. The van der Waals surface area contributed by atoms with Crippen LogP contribution in [0.3, 0.4) is 0 Å². The summed E-state index contributed by atoms with van der Waals surface area (Å²) in [7, 11) is 0. The molecule has 4 rings (SSSR count). The summed E-state index contributed by atoms with van der Waals surface area (Å²) in [6.45, 7) is 5.46. The molecule has 0 fully saturated rings. The molecule has 2 aromatic carbocycles. The van der Waals surface area contributed by atoms with Crippen molar-refractivity contribution in [2.24, 2.45) is 0 Å². The third-order valence-corrected chi connectivity index (χ3v) is 5.01. The Morgan fingerprint density at radius 1 is 1.17 bits per heavy atom. The van der Waals surface area contributed by atoms with Gasteiger partial charge in [-0.15, -0.1) is 0 Å². The minimum Gasteiger partial charge on any atom is -0.486 e. The van der Waals surface area contributed by atoms with Crippen LogP contribution >= 0.6 is 11.6 Å². The maximum atomic E-state index is 13.0. The predicted molar refractivity (Wildman–Crippen MR) is 111 cm³/mol. The van der Waals surface area contributed by atoms with Gasteiger partial charge < -0.3 is 14.8 Å². The number of benzene rings is 2. The highest BCUT2D eigenvalue weighted by Crippen LogP contribution is 2.33. The lowest BCUT2D eigenvalue weighted by Gasteiger charge is -2.21. The van der Waals surface area contributed by atoms with Crippen LogP contribution in [0.25, 0.3) is 5.69 Å². The van der Waals surface area contributed by atoms with E-state index in [4.69, 9.17) is 21.1 Å². The van der Waals surface area contributed by atoms with Crippen molar-refractivity contribution in [2.45, 2.75) is 26.3 Å². The third kappa shape index (κ3) is 3.93. The standard InChI is InChI=1S/C22H22ClN3O3/c1-14(2)20-18(13-25-26(20)17-8-6-16(23)7-9-17)22(27)24-12-15-4-3-5-19-21(15)29-11-10-28-19/h3-9,13-14H,10-12H2,1-2H3,(H,24,27). The number of nitrogens with one attached hydrogen (secondary N) is 1. The topological polar surface area (TPSA) is 65.4 Å². The number of carbonyl (C=O) groups is 1. The van der Waals surface area contributed by atoms with E-state index >= 15 is 0 Å². The van der Waals surface area contributed by atoms with Gasteiger partial charge in [-0.05, 0) is 36.2 Å². The zero-order chi connectivity index (χ0) is 20.4. The number of amides is 1. The summed E-state index contributed by atoms with van der Waals surface area (Å²) in [4.78, 5) is 13.0. The van der Waals surface area contributed by atoms with Crippen LogP contribution in [0.5, 0.6) is 11.5 Å². The second-order valence-corrected chi connectivity index (χ2v) is 7.55. The third-order valence-electron chi connectivity index (χ3n) is 4.76. The molecule has 1 aliphatic heterocycles. The summed E-state index contributed by atoms with van der Waals surface area (Å²) in [5.41, 5.74) is 3.14. The largest absolute Gasteiger partial charge is 0.486 e. The van der Waals surface area contributed by atoms with Crippen molar-refractivity contribution in [1.82, 2.24) is 15.1 Å². The van der Waals surface area contributed by atoms with Gasteiger partial charge in [0, 0.05) is 17.1 Å². The minimum absolute atomic E-state index is 0.107. The van der Waals surface area contributed by atoms with E-state index in [1.807, 2.05) is 56.3 Å². The molecule has 0 radical (unpaired) electrons. The number of halogens is 1. The van der Waals surface area contributed by atoms with Crippen LogP contribution in [-0.4, -0.2) is 28.9 Å². The molecule has 1 aliphatic rings. The van der Waals surface area contributed by atoms with Crippen LogP contribution < -0.4 is 14.8 Å². The van der Waals surface area contributed by atoms with E-state index in [2.05, 4.69) is 10.4 Å². The van der Waals surface area contributed by atoms with E-state index in [-0.39, 0.29) is 11.8 Å². The molecule has 150 valence electrons. The fraction of sp³-hybridized carbons (Fsp3) is 0.273. The van der Waals surface area contributed by atoms with Gasteiger partial charge in [0.2, 0.25) is 0 Å². The van der Waals surface area contributed by atoms with Gasteiger partial charge in [0.15, 0.2) is 11.5 Å². The predicted octanol–water partition coefficient (Wildman–Crippen LogP) is 4.35. The second kappa shape index (κ2) is 8.17. The van der Waals surface area contributed by atoms with Crippen molar-refractivity contribution in [3.63, 3.8) is 0 Å². The van der Waals surface area contributed by atoms with Gasteiger partial charge >= 0.3 is 0 Å². The number of fused-ring (bicyclic) bond motifs is 1. The Kier molecular flexibility index (Phi) is 5.45. The normalized spacial score (nSPS) is 12.8. The molecular weight excluding hydrogens is 390 g/mol. The summed E-state index contributed by atoms with van der Waals surface area (Å²) < 4.78 is 13.1. The smallest absolute Gasteiger partial charge is 0.255 e. The first-order valence-corrected chi connectivity index (χ1v) is 9.92. The van der Waals surface area contributed by atoms with Crippen LogP contribution in [0.1, 0.15) is 41.4 Å². The number of hydrogen-bond acceptors (Lipinski definition) is 4. The van der Waals surface area contributed by atoms with Gasteiger partial charge in [0.05, 0.1) is 23.1 Å². The first-order chi connectivity index (χ1) is 14.0. The molecule has 3 aromatic rings. The van der Waals surface area contributed by atoms with Crippen molar-refractivity contribution in [3.8, 4) is 17.2 Å². The molecule has 0 spiro atoms. The monoisotopic (exact) mass is 411 g/mol. The minimum atomic E-state index is -0.178. The van der Waals surface area contributed by atoms with Crippen molar-refractivity contribution in [3.05, 3.63) is 70.5 Å². The van der Waals surface area contributed by atoms with Crippen LogP contribution in [0.2, 0.25) is 5.02 Å². The molecule has 1 N–H and O–H groups in total. The van der Waals surface area contributed by atoms with E-state index in [0.29, 0.717) is 41.8 Å². The number of rotatable bonds is 5. The summed E-state index contributed by atoms with van der Waals surface area (Å²) in [6.07, 6.45) is 1.61. The van der Waals surface area contributed by atoms with Crippen LogP contribution in [0.4, 0.5) is 0 Å². The van der Waals surface area contributed by atoms with E-state index in [9.17, 15) is 4.79 Å². The van der Waals surface area contributed by atoms with Gasteiger partial charge in [-0.1, -0.05) is 37.6 Å². The van der Waals surface area contributed by atoms with Crippen molar-refractivity contribution in [2.75, 3.05) is 13.2 Å². The van der Waals surface area contributed by atoms with E-state index in [0.717, 1.165) is 16.9 Å². The fourth-order valence-corrected chi connectivity index (χ4v) is 3.55. The molecule has 0 saturated heterocycles. The maximum Gasteiger partial charge on any atom is 0.255 e. The van der Waals surface area contributed by atoms with Crippen LogP contribution in [0, 0.1) is 0 Å². The zero-order valence-corrected chi connectivity index (χ0v) is 17.1. The van der Waals surface area contributed by atoms with Gasteiger partial charge in [-0.3, -0.25) is 4.79 Å². The fourth-order valence-electron chi connectivity index (χ4n) is 3.42. The molecule has 0 saturated carbocycles. The zero-order valence-electron chi connectivity index (χ0n) is 16.3. The Morgan fingerprint density at radius 3 is 2.69 bits per heavy atom. The number of nitrogens with zero attached hydrogens (tertiary/aromatic N) is 2. The number of carbonyl (C=O) groups excluding carboxylic acids is 1. The molecule has 0 bridgehead atoms. The number of hydrogen-bond donors (Lipinski definition) is 1. The lowest BCUT2D eigenvalue weighted by molar-refractivity contribution is 0.0948. The molecule has 0 atom stereocenters. The summed E-state index contributed by atoms with van der Waals surface area (Å²) in [5.74, 6) is 1.33. The molecular formula is C22H22ClN3O3. The van der Waals surface area contributed by atoms with Gasteiger partial charge in [0.25, 0.3) is 5.91 Å². The van der Waals surface area contributed by atoms with Gasteiger partial charge in [0.1, 0.15) is 13.2 Å². The molecule has 2 heterocycles.